The summed E-state index contributed by atoms with van der Waals surface area (Å²) >= 11 is 0. The fraction of sp³-hybridized carbons (Fsp3) is 0.533. The van der Waals surface area contributed by atoms with Crippen LogP contribution in [0.1, 0.15) is 34.3 Å². The minimum absolute atomic E-state index is 0.00620. The van der Waals surface area contributed by atoms with E-state index >= 15 is 0 Å². The molecule has 1 aromatic rings. The van der Waals surface area contributed by atoms with Gasteiger partial charge in [0.2, 0.25) is 0 Å². The van der Waals surface area contributed by atoms with E-state index in [0.717, 1.165) is 42.8 Å². The third kappa shape index (κ3) is 3.26. The highest BCUT2D eigenvalue weighted by Gasteiger charge is 2.17. The Hall–Kier alpha value is -1.55. The number of aryl methyl sites for hydroxylation is 1. The smallest absolute Gasteiger partial charge is 0.251 e. The number of carbonyl (C=O) groups is 1. The molecule has 1 saturated heterocycles. The Bertz CT molecular complexity index is 465. The minimum atomic E-state index is -0.00620. The fourth-order valence-electron chi connectivity index (χ4n) is 2.41. The average molecular weight is 262 g/mol. The van der Waals surface area contributed by atoms with E-state index in [1.807, 2.05) is 26.0 Å². The van der Waals surface area contributed by atoms with Crippen LogP contribution in [-0.2, 0) is 0 Å². The maximum absolute atomic E-state index is 12.3. The quantitative estimate of drug-likeness (QED) is 0.873. The van der Waals surface area contributed by atoms with Gasteiger partial charge in [-0.2, -0.15) is 0 Å². The maximum Gasteiger partial charge on any atom is 0.251 e. The molecule has 0 saturated carbocycles. The van der Waals surface area contributed by atoms with Gasteiger partial charge in [-0.25, -0.2) is 0 Å². The van der Waals surface area contributed by atoms with Crippen molar-refractivity contribution in [1.29, 1.82) is 0 Å². The van der Waals surface area contributed by atoms with Gasteiger partial charge in [0, 0.05) is 11.6 Å². The molecule has 2 rings (SSSR count). The zero-order valence-corrected chi connectivity index (χ0v) is 11.9. The van der Waals surface area contributed by atoms with E-state index in [4.69, 9.17) is 4.74 Å². The molecule has 1 amide bonds. The van der Waals surface area contributed by atoms with Crippen LogP contribution in [0.4, 0.5) is 0 Å². The van der Waals surface area contributed by atoms with Crippen molar-refractivity contribution in [2.75, 3.05) is 20.2 Å². The van der Waals surface area contributed by atoms with Crippen LogP contribution in [0.25, 0.3) is 0 Å². The molecule has 0 atom stereocenters. The zero-order valence-electron chi connectivity index (χ0n) is 11.9. The summed E-state index contributed by atoms with van der Waals surface area (Å²) in [7, 11) is 1.64. The van der Waals surface area contributed by atoms with Crippen molar-refractivity contribution in [1.82, 2.24) is 10.6 Å². The first-order valence-electron chi connectivity index (χ1n) is 6.78. The Morgan fingerprint density at radius 2 is 2.00 bits per heavy atom. The monoisotopic (exact) mass is 262 g/mol. The SMILES string of the molecule is COc1cc(C(=O)NC2CCNCC2)cc(C)c1C. The van der Waals surface area contributed by atoms with Gasteiger partial charge in [-0.15, -0.1) is 0 Å². The van der Waals surface area contributed by atoms with E-state index < -0.39 is 0 Å². The summed E-state index contributed by atoms with van der Waals surface area (Å²) in [4.78, 5) is 12.3. The molecule has 4 nitrogen and oxygen atoms in total. The molecule has 104 valence electrons. The Kier molecular flexibility index (Phi) is 4.43. The van der Waals surface area contributed by atoms with E-state index in [1.54, 1.807) is 7.11 Å². The van der Waals surface area contributed by atoms with Gasteiger partial charge in [-0.1, -0.05) is 0 Å². The fourth-order valence-corrected chi connectivity index (χ4v) is 2.41. The van der Waals surface area contributed by atoms with E-state index in [1.165, 1.54) is 0 Å². The van der Waals surface area contributed by atoms with E-state index in [0.29, 0.717) is 5.56 Å². The highest BCUT2D eigenvalue weighted by molar-refractivity contribution is 5.95. The molecule has 1 aliphatic rings. The Morgan fingerprint density at radius 3 is 2.63 bits per heavy atom. The lowest BCUT2D eigenvalue weighted by Crippen LogP contribution is -2.42. The lowest BCUT2D eigenvalue weighted by atomic mass is 10.0. The average Bonchev–Trinajstić information content (AvgIpc) is 2.42. The zero-order chi connectivity index (χ0) is 13.8. The molecule has 4 heteroatoms. The molecule has 0 bridgehead atoms. The molecule has 0 aromatic heterocycles. The van der Waals surface area contributed by atoms with Crippen molar-refractivity contribution in [3.05, 3.63) is 28.8 Å². The highest BCUT2D eigenvalue weighted by Crippen LogP contribution is 2.23. The number of methoxy groups -OCH3 is 1. The summed E-state index contributed by atoms with van der Waals surface area (Å²) in [5.41, 5.74) is 2.84. The summed E-state index contributed by atoms with van der Waals surface area (Å²) in [5.74, 6) is 0.767. The normalized spacial score (nSPS) is 16.2. The Labute approximate surface area is 114 Å². The third-order valence-electron chi connectivity index (χ3n) is 3.78. The number of piperidine rings is 1. The number of rotatable bonds is 3. The second-order valence-electron chi connectivity index (χ2n) is 5.12. The molecule has 0 radical (unpaired) electrons. The molecule has 1 aliphatic heterocycles. The summed E-state index contributed by atoms with van der Waals surface area (Å²) in [6.45, 7) is 5.95. The van der Waals surface area contributed by atoms with Crippen LogP contribution in [0.5, 0.6) is 5.75 Å². The summed E-state index contributed by atoms with van der Waals surface area (Å²) in [6, 6.07) is 4.02. The predicted octanol–water partition coefficient (Wildman–Crippen LogP) is 1.79. The minimum Gasteiger partial charge on any atom is -0.496 e. The van der Waals surface area contributed by atoms with Crippen molar-refractivity contribution in [2.24, 2.45) is 0 Å². The number of ether oxygens (including phenoxy) is 1. The maximum atomic E-state index is 12.3. The molecule has 19 heavy (non-hydrogen) atoms. The van der Waals surface area contributed by atoms with Crippen molar-refractivity contribution in [3.8, 4) is 5.75 Å². The van der Waals surface area contributed by atoms with Crippen LogP contribution in [0.15, 0.2) is 12.1 Å². The van der Waals surface area contributed by atoms with Crippen LogP contribution in [0.3, 0.4) is 0 Å². The van der Waals surface area contributed by atoms with Crippen LogP contribution in [0, 0.1) is 13.8 Å². The van der Waals surface area contributed by atoms with Crippen molar-refractivity contribution in [3.63, 3.8) is 0 Å². The molecule has 1 aromatic carbocycles. The Balaban J connectivity index is 2.12. The first-order valence-corrected chi connectivity index (χ1v) is 6.78. The van der Waals surface area contributed by atoms with Gasteiger partial charge in [0.25, 0.3) is 5.91 Å². The number of amides is 1. The van der Waals surface area contributed by atoms with Gasteiger partial charge in [0.05, 0.1) is 7.11 Å². The van der Waals surface area contributed by atoms with E-state index in [9.17, 15) is 4.79 Å². The topological polar surface area (TPSA) is 50.4 Å². The van der Waals surface area contributed by atoms with Crippen LogP contribution < -0.4 is 15.4 Å². The number of nitrogens with one attached hydrogen (secondary N) is 2. The van der Waals surface area contributed by atoms with Gasteiger partial charge in [-0.05, 0) is 63.0 Å². The molecular weight excluding hydrogens is 240 g/mol. The number of benzene rings is 1. The molecule has 1 heterocycles. The summed E-state index contributed by atoms with van der Waals surface area (Å²) < 4.78 is 5.32. The first kappa shape index (κ1) is 13.9. The molecular formula is C15H22N2O2. The standard InChI is InChI=1S/C15H22N2O2/c1-10-8-12(9-14(19-3)11(10)2)15(18)17-13-4-6-16-7-5-13/h8-9,13,16H,4-7H2,1-3H3,(H,17,18). The largest absolute Gasteiger partial charge is 0.496 e. The van der Waals surface area contributed by atoms with Crippen molar-refractivity contribution in [2.45, 2.75) is 32.7 Å². The molecule has 1 fully saturated rings. The second-order valence-corrected chi connectivity index (χ2v) is 5.12. The highest BCUT2D eigenvalue weighted by atomic mass is 16.5. The Morgan fingerprint density at radius 1 is 1.32 bits per heavy atom. The van der Waals surface area contributed by atoms with E-state index in [-0.39, 0.29) is 11.9 Å². The van der Waals surface area contributed by atoms with Crippen LogP contribution in [-0.4, -0.2) is 32.1 Å². The molecule has 0 spiro atoms. The number of hydrogen-bond acceptors (Lipinski definition) is 3. The van der Waals surface area contributed by atoms with Crippen molar-refractivity contribution >= 4 is 5.91 Å². The molecule has 0 unspecified atom stereocenters. The summed E-state index contributed by atoms with van der Waals surface area (Å²) in [6.07, 6.45) is 1.99. The molecule has 2 N–H and O–H groups in total. The predicted molar refractivity (Wildman–Crippen MR) is 75.8 cm³/mol. The van der Waals surface area contributed by atoms with Crippen LogP contribution >= 0.6 is 0 Å². The van der Waals surface area contributed by atoms with Gasteiger partial charge < -0.3 is 15.4 Å². The van der Waals surface area contributed by atoms with Crippen LogP contribution in [0.2, 0.25) is 0 Å². The first-order chi connectivity index (χ1) is 9.11. The van der Waals surface area contributed by atoms with Crippen molar-refractivity contribution < 1.29 is 9.53 Å². The van der Waals surface area contributed by atoms with Gasteiger partial charge in [-0.3, -0.25) is 4.79 Å². The van der Waals surface area contributed by atoms with Gasteiger partial charge in [0.15, 0.2) is 0 Å². The van der Waals surface area contributed by atoms with Gasteiger partial charge in [0.1, 0.15) is 5.75 Å². The lowest BCUT2D eigenvalue weighted by molar-refractivity contribution is 0.0929. The summed E-state index contributed by atoms with van der Waals surface area (Å²) in [5, 5.41) is 6.39. The third-order valence-corrected chi connectivity index (χ3v) is 3.78. The lowest BCUT2D eigenvalue weighted by Gasteiger charge is -2.24. The van der Waals surface area contributed by atoms with E-state index in [2.05, 4.69) is 10.6 Å². The second kappa shape index (κ2) is 6.06. The van der Waals surface area contributed by atoms with Gasteiger partial charge >= 0.3 is 0 Å². The molecule has 0 aliphatic carbocycles. The number of carbonyl (C=O) groups excluding carboxylic acids is 1. The number of hydrogen-bond donors (Lipinski definition) is 2.